The molecule has 32 heavy (non-hydrogen) atoms. The van der Waals surface area contributed by atoms with Crippen molar-refractivity contribution in [1.29, 1.82) is 0 Å². The quantitative estimate of drug-likeness (QED) is 0.630. The standard InChI is InChI=1S/C23H24FN5O3/c24-17-5-7-18(8-6-17)27-11-13-28(14-12-27)22(31)9-10-25-21(30)16-29-20-4-2-1-3-19(20)26-15-23(29)32/h1-8,15H,9-14,16H2,(H,25,30). The van der Waals surface area contributed by atoms with E-state index in [9.17, 15) is 18.8 Å². The largest absolute Gasteiger partial charge is 0.368 e. The summed E-state index contributed by atoms with van der Waals surface area (Å²) in [6.07, 6.45) is 1.39. The van der Waals surface area contributed by atoms with E-state index in [1.54, 1.807) is 35.2 Å². The summed E-state index contributed by atoms with van der Waals surface area (Å²) in [6.45, 7) is 2.55. The minimum Gasteiger partial charge on any atom is -0.368 e. The summed E-state index contributed by atoms with van der Waals surface area (Å²) in [7, 11) is 0. The fraction of sp³-hybridized carbons (Fsp3) is 0.304. The van der Waals surface area contributed by atoms with Crippen molar-refractivity contribution in [3.63, 3.8) is 0 Å². The second-order valence-electron chi connectivity index (χ2n) is 7.62. The van der Waals surface area contributed by atoms with Crippen molar-refractivity contribution < 1.29 is 14.0 Å². The molecule has 1 fully saturated rings. The molecule has 2 aromatic carbocycles. The van der Waals surface area contributed by atoms with Gasteiger partial charge in [-0.2, -0.15) is 0 Å². The lowest BCUT2D eigenvalue weighted by atomic mass is 10.2. The first-order valence-electron chi connectivity index (χ1n) is 10.5. The molecule has 9 heteroatoms. The van der Waals surface area contributed by atoms with E-state index in [0.29, 0.717) is 37.2 Å². The van der Waals surface area contributed by atoms with Gasteiger partial charge in [0.1, 0.15) is 12.4 Å². The zero-order chi connectivity index (χ0) is 22.5. The third kappa shape index (κ3) is 4.93. The molecule has 0 saturated carbocycles. The monoisotopic (exact) mass is 437 g/mol. The van der Waals surface area contributed by atoms with Crippen LogP contribution in [0.4, 0.5) is 10.1 Å². The number of hydrogen-bond acceptors (Lipinski definition) is 5. The van der Waals surface area contributed by atoms with E-state index in [4.69, 9.17) is 0 Å². The highest BCUT2D eigenvalue weighted by molar-refractivity contribution is 5.81. The average Bonchev–Trinajstić information content (AvgIpc) is 2.81. The molecular formula is C23H24FN5O3. The van der Waals surface area contributed by atoms with Gasteiger partial charge in [-0.05, 0) is 36.4 Å². The third-order valence-corrected chi connectivity index (χ3v) is 5.54. The van der Waals surface area contributed by atoms with E-state index in [2.05, 4.69) is 15.2 Å². The van der Waals surface area contributed by atoms with Crippen molar-refractivity contribution in [2.45, 2.75) is 13.0 Å². The maximum atomic E-state index is 13.1. The van der Waals surface area contributed by atoms with Crippen molar-refractivity contribution in [3.05, 3.63) is 70.9 Å². The fourth-order valence-corrected chi connectivity index (χ4v) is 3.81. The molecule has 1 saturated heterocycles. The number of aromatic nitrogens is 2. The Bertz CT molecular complexity index is 1170. The number of rotatable bonds is 6. The highest BCUT2D eigenvalue weighted by atomic mass is 19.1. The van der Waals surface area contributed by atoms with E-state index in [0.717, 1.165) is 5.69 Å². The predicted molar refractivity (Wildman–Crippen MR) is 119 cm³/mol. The molecule has 1 N–H and O–H groups in total. The van der Waals surface area contributed by atoms with Gasteiger partial charge in [-0.1, -0.05) is 12.1 Å². The lowest BCUT2D eigenvalue weighted by Crippen LogP contribution is -2.49. The molecule has 2 heterocycles. The van der Waals surface area contributed by atoms with Crippen LogP contribution in [-0.4, -0.2) is 59.0 Å². The Kier molecular flexibility index (Phi) is 6.44. The van der Waals surface area contributed by atoms with Crippen LogP contribution in [0.2, 0.25) is 0 Å². The van der Waals surface area contributed by atoms with Crippen LogP contribution in [0.1, 0.15) is 6.42 Å². The molecule has 2 amide bonds. The van der Waals surface area contributed by atoms with Gasteiger partial charge < -0.3 is 15.1 Å². The van der Waals surface area contributed by atoms with Crippen molar-refractivity contribution in [1.82, 2.24) is 19.8 Å². The van der Waals surface area contributed by atoms with Crippen LogP contribution >= 0.6 is 0 Å². The Balaban J connectivity index is 1.24. The van der Waals surface area contributed by atoms with Crippen molar-refractivity contribution >= 4 is 28.5 Å². The van der Waals surface area contributed by atoms with Crippen LogP contribution < -0.4 is 15.8 Å². The summed E-state index contributed by atoms with van der Waals surface area (Å²) in [4.78, 5) is 44.9. The molecule has 0 bridgehead atoms. The van der Waals surface area contributed by atoms with Gasteiger partial charge in [0.05, 0.1) is 17.2 Å². The van der Waals surface area contributed by atoms with Gasteiger partial charge in [0.15, 0.2) is 0 Å². The number of para-hydroxylation sites is 2. The summed E-state index contributed by atoms with van der Waals surface area (Å²) in [5.74, 6) is -0.639. The number of amides is 2. The normalized spacial score (nSPS) is 13.9. The summed E-state index contributed by atoms with van der Waals surface area (Å²) in [6, 6.07) is 13.4. The molecule has 1 aliphatic heterocycles. The zero-order valence-corrected chi connectivity index (χ0v) is 17.5. The van der Waals surface area contributed by atoms with Crippen molar-refractivity contribution in [2.24, 2.45) is 0 Å². The first-order chi connectivity index (χ1) is 15.5. The molecule has 4 rings (SSSR count). The molecule has 0 aliphatic carbocycles. The highest BCUT2D eigenvalue weighted by Crippen LogP contribution is 2.17. The molecule has 0 spiro atoms. The zero-order valence-electron chi connectivity index (χ0n) is 17.5. The Labute approximate surface area is 184 Å². The maximum Gasteiger partial charge on any atom is 0.269 e. The van der Waals surface area contributed by atoms with E-state index in [-0.39, 0.29) is 42.7 Å². The molecule has 0 atom stereocenters. The average molecular weight is 437 g/mol. The summed E-state index contributed by atoms with van der Waals surface area (Å²) in [5, 5.41) is 2.72. The number of fused-ring (bicyclic) bond motifs is 1. The minimum atomic E-state index is -0.353. The topological polar surface area (TPSA) is 87.5 Å². The molecule has 3 aromatic rings. The van der Waals surface area contributed by atoms with E-state index < -0.39 is 0 Å². The lowest BCUT2D eigenvalue weighted by Gasteiger charge is -2.36. The number of anilines is 1. The lowest BCUT2D eigenvalue weighted by molar-refractivity contribution is -0.131. The predicted octanol–water partition coefficient (Wildman–Crippen LogP) is 1.39. The second kappa shape index (κ2) is 9.59. The molecule has 0 radical (unpaired) electrons. The minimum absolute atomic E-state index is 0.0319. The molecule has 1 aromatic heterocycles. The maximum absolute atomic E-state index is 13.1. The number of piperazine rings is 1. The van der Waals surface area contributed by atoms with Crippen molar-refractivity contribution in [2.75, 3.05) is 37.6 Å². The Hall–Kier alpha value is -3.75. The number of carbonyl (C=O) groups is 2. The first-order valence-corrected chi connectivity index (χ1v) is 10.5. The van der Waals surface area contributed by atoms with Crippen LogP contribution in [0.5, 0.6) is 0 Å². The Morgan fingerprint density at radius 1 is 1.00 bits per heavy atom. The van der Waals surface area contributed by atoms with Crippen molar-refractivity contribution in [3.8, 4) is 0 Å². The number of halogens is 1. The van der Waals surface area contributed by atoms with Gasteiger partial charge in [-0.25, -0.2) is 9.37 Å². The third-order valence-electron chi connectivity index (χ3n) is 5.54. The molecule has 1 aliphatic rings. The van der Waals surface area contributed by atoms with Gasteiger partial charge in [-0.15, -0.1) is 0 Å². The van der Waals surface area contributed by atoms with E-state index >= 15 is 0 Å². The number of carbonyl (C=O) groups excluding carboxylic acids is 2. The van der Waals surface area contributed by atoms with Crippen LogP contribution in [0.15, 0.2) is 59.5 Å². The number of hydrogen-bond donors (Lipinski definition) is 1. The number of nitrogens with zero attached hydrogens (tertiary/aromatic N) is 4. The van der Waals surface area contributed by atoms with Gasteiger partial charge in [0.2, 0.25) is 11.8 Å². The van der Waals surface area contributed by atoms with E-state index in [1.807, 2.05) is 6.07 Å². The number of benzene rings is 2. The summed E-state index contributed by atoms with van der Waals surface area (Å²) in [5.41, 5.74) is 1.80. The molecule has 166 valence electrons. The number of nitrogens with one attached hydrogen (secondary N) is 1. The summed E-state index contributed by atoms with van der Waals surface area (Å²) >= 11 is 0. The smallest absolute Gasteiger partial charge is 0.269 e. The molecule has 8 nitrogen and oxygen atoms in total. The fourth-order valence-electron chi connectivity index (χ4n) is 3.81. The van der Waals surface area contributed by atoms with Gasteiger partial charge in [0, 0.05) is 44.8 Å². The molecular weight excluding hydrogens is 413 g/mol. The highest BCUT2D eigenvalue weighted by Gasteiger charge is 2.21. The van der Waals surface area contributed by atoms with Crippen LogP contribution in [0.3, 0.4) is 0 Å². The second-order valence-corrected chi connectivity index (χ2v) is 7.62. The molecule has 0 unspecified atom stereocenters. The van der Waals surface area contributed by atoms with Crippen LogP contribution in [0.25, 0.3) is 11.0 Å². The first kappa shape index (κ1) is 21.5. The van der Waals surface area contributed by atoms with Crippen LogP contribution in [-0.2, 0) is 16.1 Å². The Morgan fingerprint density at radius 2 is 1.72 bits per heavy atom. The Morgan fingerprint density at radius 3 is 2.47 bits per heavy atom. The van der Waals surface area contributed by atoms with Gasteiger partial charge in [0.25, 0.3) is 5.56 Å². The van der Waals surface area contributed by atoms with Gasteiger partial charge in [-0.3, -0.25) is 19.0 Å². The summed E-state index contributed by atoms with van der Waals surface area (Å²) < 4.78 is 14.5. The van der Waals surface area contributed by atoms with E-state index in [1.165, 1.54) is 22.9 Å². The SMILES string of the molecule is O=C(Cn1c(=O)cnc2ccccc21)NCCC(=O)N1CCN(c2ccc(F)cc2)CC1. The van der Waals surface area contributed by atoms with Gasteiger partial charge >= 0.3 is 0 Å². The van der Waals surface area contributed by atoms with Crippen LogP contribution in [0, 0.1) is 5.82 Å².